The van der Waals surface area contributed by atoms with Crippen molar-refractivity contribution in [1.82, 2.24) is 9.88 Å². The van der Waals surface area contributed by atoms with Crippen LogP contribution in [0.4, 0.5) is 14.6 Å². The van der Waals surface area contributed by atoms with E-state index in [-0.39, 0.29) is 6.42 Å². The molecule has 0 amide bonds. The summed E-state index contributed by atoms with van der Waals surface area (Å²) in [6.45, 7) is 4.26. The van der Waals surface area contributed by atoms with E-state index in [2.05, 4.69) is 9.88 Å². The van der Waals surface area contributed by atoms with Crippen LogP contribution in [0.15, 0.2) is 40.9 Å². The average molecular weight is 347 g/mol. The normalized spacial score (nSPS) is 26.4. The number of aryl methyl sites for hydroxylation is 1. The monoisotopic (exact) mass is 347 g/mol. The lowest BCUT2D eigenvalue weighted by Crippen LogP contribution is -2.56. The molecule has 4 heterocycles. The Hall–Kier alpha value is -1.95. The summed E-state index contributed by atoms with van der Waals surface area (Å²) in [4.78, 5) is 8.43. The predicted octanol–water partition coefficient (Wildman–Crippen LogP) is 3.72. The summed E-state index contributed by atoms with van der Waals surface area (Å²) >= 11 is 0. The second kappa shape index (κ2) is 6.09. The van der Waals surface area contributed by atoms with Crippen molar-refractivity contribution in [2.45, 2.75) is 32.2 Å². The van der Waals surface area contributed by atoms with E-state index >= 15 is 0 Å². The molecule has 1 spiro atoms. The van der Waals surface area contributed by atoms with Gasteiger partial charge in [0.05, 0.1) is 12.0 Å². The number of pyridine rings is 1. The number of alkyl halides is 2. The Kier molecular flexibility index (Phi) is 4.02. The SMILES string of the molecule is Cc1ccc(CN2CCC(F)(F)[C@]3(CCN(c4ccccn4)C3)C2)o1. The molecule has 4 rings (SSSR count). The molecule has 0 bridgehead atoms. The highest BCUT2D eigenvalue weighted by molar-refractivity contribution is 5.40. The molecule has 2 aliphatic rings. The molecule has 0 unspecified atom stereocenters. The van der Waals surface area contributed by atoms with Gasteiger partial charge in [0.15, 0.2) is 0 Å². The van der Waals surface area contributed by atoms with Gasteiger partial charge in [-0.15, -0.1) is 0 Å². The molecule has 2 fully saturated rings. The Morgan fingerprint density at radius 2 is 2.00 bits per heavy atom. The van der Waals surface area contributed by atoms with Crippen LogP contribution < -0.4 is 4.90 Å². The fraction of sp³-hybridized carbons (Fsp3) is 0.526. The molecule has 0 aromatic carbocycles. The molecule has 2 aromatic rings. The second-order valence-electron chi connectivity index (χ2n) is 7.32. The van der Waals surface area contributed by atoms with Gasteiger partial charge in [0.25, 0.3) is 5.92 Å². The number of hydrogen-bond acceptors (Lipinski definition) is 4. The molecule has 1 atom stereocenters. The minimum atomic E-state index is -2.65. The summed E-state index contributed by atoms with van der Waals surface area (Å²) in [6.07, 6.45) is 2.11. The highest BCUT2D eigenvalue weighted by Crippen LogP contribution is 2.50. The maximum Gasteiger partial charge on any atom is 0.257 e. The van der Waals surface area contributed by atoms with Crippen LogP contribution in [0.1, 0.15) is 24.4 Å². The van der Waals surface area contributed by atoms with Gasteiger partial charge in [0, 0.05) is 38.8 Å². The maximum absolute atomic E-state index is 14.9. The minimum absolute atomic E-state index is 0.0945. The van der Waals surface area contributed by atoms with Crippen molar-refractivity contribution in [2.75, 3.05) is 31.1 Å². The fourth-order valence-electron chi connectivity index (χ4n) is 4.15. The smallest absolute Gasteiger partial charge is 0.257 e. The van der Waals surface area contributed by atoms with Gasteiger partial charge < -0.3 is 9.32 Å². The van der Waals surface area contributed by atoms with Crippen molar-refractivity contribution in [3.8, 4) is 0 Å². The molecule has 2 aliphatic heterocycles. The van der Waals surface area contributed by atoms with Crippen LogP contribution in [0.25, 0.3) is 0 Å². The number of likely N-dealkylation sites (tertiary alicyclic amines) is 1. The minimum Gasteiger partial charge on any atom is -0.465 e. The Balaban J connectivity index is 1.52. The lowest BCUT2D eigenvalue weighted by atomic mass is 9.75. The maximum atomic E-state index is 14.9. The van der Waals surface area contributed by atoms with Crippen LogP contribution in [-0.2, 0) is 6.54 Å². The van der Waals surface area contributed by atoms with Crippen LogP contribution in [0, 0.1) is 12.3 Å². The third-order valence-electron chi connectivity index (χ3n) is 5.55. The second-order valence-corrected chi connectivity index (χ2v) is 7.32. The summed E-state index contributed by atoms with van der Waals surface area (Å²) in [5.41, 5.74) is -1.01. The first-order chi connectivity index (χ1) is 12.0. The van der Waals surface area contributed by atoms with Crippen molar-refractivity contribution >= 4 is 5.82 Å². The summed E-state index contributed by atoms with van der Waals surface area (Å²) in [7, 11) is 0. The van der Waals surface area contributed by atoms with Gasteiger partial charge in [0.1, 0.15) is 17.3 Å². The van der Waals surface area contributed by atoms with Gasteiger partial charge in [-0.3, -0.25) is 4.90 Å². The molecular formula is C19H23F2N3O. The Morgan fingerprint density at radius 3 is 2.72 bits per heavy atom. The van der Waals surface area contributed by atoms with Crippen molar-refractivity contribution in [3.05, 3.63) is 48.0 Å². The van der Waals surface area contributed by atoms with E-state index in [1.807, 2.05) is 42.2 Å². The summed E-state index contributed by atoms with van der Waals surface area (Å²) < 4.78 is 35.4. The van der Waals surface area contributed by atoms with E-state index < -0.39 is 11.3 Å². The molecule has 0 radical (unpaired) electrons. The third kappa shape index (κ3) is 3.03. The fourth-order valence-corrected chi connectivity index (χ4v) is 4.15. The van der Waals surface area contributed by atoms with Crippen LogP contribution in [0.5, 0.6) is 0 Å². The Labute approximate surface area is 146 Å². The molecular weight excluding hydrogens is 324 g/mol. The molecule has 0 aliphatic carbocycles. The van der Waals surface area contributed by atoms with Gasteiger partial charge in [0.2, 0.25) is 0 Å². The molecule has 0 N–H and O–H groups in total. The number of piperidine rings is 1. The van der Waals surface area contributed by atoms with Crippen LogP contribution in [0.2, 0.25) is 0 Å². The zero-order valence-electron chi connectivity index (χ0n) is 14.4. The van der Waals surface area contributed by atoms with E-state index in [0.717, 1.165) is 17.3 Å². The quantitative estimate of drug-likeness (QED) is 0.847. The topological polar surface area (TPSA) is 32.5 Å². The first-order valence-electron chi connectivity index (χ1n) is 8.79. The Bertz CT molecular complexity index is 733. The number of aromatic nitrogens is 1. The molecule has 2 saturated heterocycles. The zero-order chi connectivity index (χ0) is 17.5. The summed E-state index contributed by atoms with van der Waals surface area (Å²) in [5.74, 6) is -0.160. The van der Waals surface area contributed by atoms with Gasteiger partial charge in [-0.2, -0.15) is 0 Å². The number of hydrogen-bond donors (Lipinski definition) is 0. The Morgan fingerprint density at radius 1 is 1.12 bits per heavy atom. The van der Waals surface area contributed by atoms with Gasteiger partial charge >= 0.3 is 0 Å². The molecule has 4 nitrogen and oxygen atoms in total. The first kappa shape index (κ1) is 16.5. The molecule has 2 aromatic heterocycles. The number of anilines is 1. The van der Waals surface area contributed by atoms with Gasteiger partial charge in [-0.05, 0) is 37.6 Å². The number of furan rings is 1. The van der Waals surface area contributed by atoms with E-state index in [1.165, 1.54) is 0 Å². The lowest BCUT2D eigenvalue weighted by Gasteiger charge is -2.45. The molecule has 0 saturated carbocycles. The van der Waals surface area contributed by atoms with Crippen LogP contribution in [0.3, 0.4) is 0 Å². The van der Waals surface area contributed by atoms with E-state index in [4.69, 9.17) is 4.42 Å². The molecule has 25 heavy (non-hydrogen) atoms. The van der Waals surface area contributed by atoms with E-state index in [0.29, 0.717) is 39.1 Å². The van der Waals surface area contributed by atoms with Crippen molar-refractivity contribution in [2.24, 2.45) is 5.41 Å². The molecule has 134 valence electrons. The summed E-state index contributed by atoms with van der Waals surface area (Å²) in [6, 6.07) is 9.49. The van der Waals surface area contributed by atoms with Crippen molar-refractivity contribution in [1.29, 1.82) is 0 Å². The largest absolute Gasteiger partial charge is 0.465 e. The first-order valence-corrected chi connectivity index (χ1v) is 8.79. The van der Waals surface area contributed by atoms with Crippen LogP contribution >= 0.6 is 0 Å². The highest BCUT2D eigenvalue weighted by Gasteiger charge is 2.59. The lowest BCUT2D eigenvalue weighted by molar-refractivity contribution is -0.159. The predicted molar refractivity (Wildman–Crippen MR) is 91.8 cm³/mol. The van der Waals surface area contributed by atoms with Crippen LogP contribution in [-0.4, -0.2) is 42.0 Å². The number of rotatable bonds is 3. The molecule has 6 heteroatoms. The van der Waals surface area contributed by atoms with Crippen molar-refractivity contribution in [3.63, 3.8) is 0 Å². The van der Waals surface area contributed by atoms with E-state index in [9.17, 15) is 8.78 Å². The van der Waals surface area contributed by atoms with Gasteiger partial charge in [-0.1, -0.05) is 6.07 Å². The zero-order valence-corrected chi connectivity index (χ0v) is 14.4. The van der Waals surface area contributed by atoms with E-state index in [1.54, 1.807) is 6.20 Å². The van der Waals surface area contributed by atoms with Crippen molar-refractivity contribution < 1.29 is 13.2 Å². The van der Waals surface area contributed by atoms with Gasteiger partial charge in [-0.25, -0.2) is 13.8 Å². The number of halogens is 2. The third-order valence-corrected chi connectivity index (χ3v) is 5.55. The average Bonchev–Trinajstić information content (AvgIpc) is 3.20. The standard InChI is InChI=1S/C19H23F2N3O/c1-15-5-6-16(25-15)12-23-10-8-19(20,21)18(13-23)7-11-24(14-18)17-4-2-3-9-22-17/h2-6,9H,7-8,10-14H2,1H3/t18-/m1/s1. The highest BCUT2D eigenvalue weighted by atomic mass is 19.3. The summed E-state index contributed by atoms with van der Waals surface area (Å²) in [5, 5.41) is 0. The number of nitrogens with zero attached hydrogens (tertiary/aromatic N) is 3.